The number of rotatable bonds is 1. The van der Waals surface area contributed by atoms with Crippen LogP contribution in [-0.2, 0) is 0 Å². The topological polar surface area (TPSA) is 32.3 Å². The Morgan fingerprint density at radius 1 is 1.47 bits per heavy atom. The summed E-state index contributed by atoms with van der Waals surface area (Å²) in [6.45, 7) is 2.30. The summed E-state index contributed by atoms with van der Waals surface area (Å²) in [4.78, 5) is 12.6. The van der Waals surface area contributed by atoms with Gasteiger partial charge in [-0.15, -0.1) is 0 Å². The minimum atomic E-state index is -4.63. The molecule has 1 atom stereocenters. The lowest BCUT2D eigenvalue weighted by Crippen LogP contribution is -2.52. The summed E-state index contributed by atoms with van der Waals surface area (Å²) in [6.07, 6.45) is -1.38. The Morgan fingerprint density at radius 2 is 2.13 bits per heavy atom. The van der Waals surface area contributed by atoms with Crippen LogP contribution in [0.25, 0.3) is 0 Å². The smallest absolute Gasteiger partial charge is 0.322 e. The Bertz CT molecular complexity index is 230. The molecule has 1 aliphatic heterocycles. The Morgan fingerprint density at radius 3 is 2.67 bits per heavy atom. The van der Waals surface area contributed by atoms with Gasteiger partial charge in [0, 0.05) is 12.6 Å². The van der Waals surface area contributed by atoms with Crippen molar-refractivity contribution in [2.45, 2.75) is 44.9 Å². The third kappa shape index (κ3) is 3.60. The van der Waals surface area contributed by atoms with Crippen molar-refractivity contribution in [2.24, 2.45) is 0 Å². The lowest BCUT2D eigenvalue weighted by atomic mass is 10.0. The molecule has 0 radical (unpaired) electrons. The van der Waals surface area contributed by atoms with E-state index in [9.17, 15) is 18.0 Å². The van der Waals surface area contributed by atoms with E-state index < -0.39 is 12.3 Å². The number of carbonyl (C=O) groups is 1. The molecule has 15 heavy (non-hydrogen) atoms. The van der Waals surface area contributed by atoms with Gasteiger partial charge in [-0.25, -0.2) is 10.1 Å². The van der Waals surface area contributed by atoms with Crippen LogP contribution in [0.4, 0.5) is 18.0 Å². The fourth-order valence-electron chi connectivity index (χ4n) is 1.89. The summed E-state index contributed by atoms with van der Waals surface area (Å²) in [5, 5.41) is 1.04. The monoisotopic (exact) mass is 224 g/mol. The Hall–Kier alpha value is -0.940. The molecule has 0 aliphatic carbocycles. The minimum absolute atomic E-state index is 0.0545. The average molecular weight is 224 g/mol. The normalized spacial score (nSPS) is 22.7. The highest BCUT2D eigenvalue weighted by molar-refractivity contribution is 5.74. The summed E-state index contributed by atoms with van der Waals surface area (Å²) >= 11 is 0. The van der Waals surface area contributed by atoms with Gasteiger partial charge in [-0.3, -0.25) is 0 Å². The van der Waals surface area contributed by atoms with E-state index in [-0.39, 0.29) is 6.04 Å². The van der Waals surface area contributed by atoms with Gasteiger partial charge in [0.25, 0.3) is 0 Å². The van der Waals surface area contributed by atoms with E-state index in [4.69, 9.17) is 0 Å². The number of carbonyl (C=O) groups excluding carboxylic acids is 1. The summed E-state index contributed by atoms with van der Waals surface area (Å²) in [7, 11) is 0. The van der Waals surface area contributed by atoms with Crippen molar-refractivity contribution in [1.29, 1.82) is 0 Å². The molecule has 1 fully saturated rings. The summed E-state index contributed by atoms with van der Waals surface area (Å²) < 4.78 is 35.8. The Kier molecular flexibility index (Phi) is 3.82. The molecule has 0 bridgehead atoms. The van der Waals surface area contributed by atoms with Crippen LogP contribution < -0.4 is 5.32 Å². The van der Waals surface area contributed by atoms with Crippen molar-refractivity contribution in [3.63, 3.8) is 0 Å². The predicted octanol–water partition coefficient (Wildman–Crippen LogP) is 2.48. The standard InChI is InChI=1S/C9H15F3N2O/c1-2-7-5-3-4-6-14(7)8(15)13-9(10,11)12/h7H,2-6H2,1H3,(H,13,15). The molecule has 1 heterocycles. The number of halogens is 3. The molecule has 1 saturated heterocycles. The van der Waals surface area contributed by atoms with E-state index in [0.29, 0.717) is 13.0 Å². The second-order valence-electron chi connectivity index (χ2n) is 3.68. The Labute approximate surface area is 86.6 Å². The maximum absolute atomic E-state index is 11.9. The molecule has 1 N–H and O–H groups in total. The first-order valence-electron chi connectivity index (χ1n) is 5.09. The molecule has 2 amide bonds. The van der Waals surface area contributed by atoms with Gasteiger partial charge < -0.3 is 4.90 Å². The molecule has 1 aliphatic rings. The molecule has 0 aromatic rings. The average Bonchev–Trinajstić information content (AvgIpc) is 2.15. The first kappa shape index (κ1) is 12.1. The maximum Gasteiger partial charge on any atom is 0.485 e. The van der Waals surface area contributed by atoms with Crippen LogP contribution in [0.3, 0.4) is 0 Å². The number of likely N-dealkylation sites (tertiary alicyclic amines) is 1. The van der Waals surface area contributed by atoms with Gasteiger partial charge in [-0.05, 0) is 25.7 Å². The van der Waals surface area contributed by atoms with Crippen molar-refractivity contribution < 1.29 is 18.0 Å². The number of hydrogen-bond acceptors (Lipinski definition) is 1. The number of alkyl halides is 3. The van der Waals surface area contributed by atoms with Gasteiger partial charge in [0.15, 0.2) is 0 Å². The minimum Gasteiger partial charge on any atom is -0.322 e. The van der Waals surface area contributed by atoms with Crippen LogP contribution in [0, 0.1) is 0 Å². The van der Waals surface area contributed by atoms with E-state index in [0.717, 1.165) is 24.6 Å². The van der Waals surface area contributed by atoms with E-state index >= 15 is 0 Å². The zero-order valence-corrected chi connectivity index (χ0v) is 8.60. The number of nitrogens with zero attached hydrogens (tertiary/aromatic N) is 1. The van der Waals surface area contributed by atoms with Crippen molar-refractivity contribution in [3.05, 3.63) is 0 Å². The predicted molar refractivity (Wildman–Crippen MR) is 49.2 cm³/mol. The zero-order valence-electron chi connectivity index (χ0n) is 8.60. The molecule has 88 valence electrons. The largest absolute Gasteiger partial charge is 0.485 e. The van der Waals surface area contributed by atoms with Gasteiger partial charge >= 0.3 is 12.3 Å². The van der Waals surface area contributed by atoms with Crippen LogP contribution in [-0.4, -0.2) is 29.8 Å². The van der Waals surface area contributed by atoms with Crippen molar-refractivity contribution in [1.82, 2.24) is 10.2 Å². The SMILES string of the molecule is CCC1CCCCN1C(=O)NC(F)(F)F. The Balaban J connectivity index is 2.56. The molecule has 0 saturated carbocycles. The van der Waals surface area contributed by atoms with E-state index in [1.807, 2.05) is 6.92 Å². The van der Waals surface area contributed by atoms with Crippen molar-refractivity contribution >= 4 is 6.03 Å². The van der Waals surface area contributed by atoms with Gasteiger partial charge in [-0.1, -0.05) is 6.92 Å². The lowest BCUT2D eigenvalue weighted by molar-refractivity contribution is -0.148. The maximum atomic E-state index is 11.9. The third-order valence-corrected chi connectivity index (χ3v) is 2.61. The molecule has 0 spiro atoms. The van der Waals surface area contributed by atoms with Crippen LogP contribution in [0.5, 0.6) is 0 Å². The van der Waals surface area contributed by atoms with E-state index in [1.165, 1.54) is 4.90 Å². The molecule has 1 rings (SSSR count). The summed E-state index contributed by atoms with van der Waals surface area (Å²) in [5.74, 6) is 0. The van der Waals surface area contributed by atoms with E-state index in [2.05, 4.69) is 0 Å². The second-order valence-corrected chi connectivity index (χ2v) is 3.68. The van der Waals surface area contributed by atoms with Crippen molar-refractivity contribution in [3.8, 4) is 0 Å². The van der Waals surface area contributed by atoms with Crippen LogP contribution in [0.1, 0.15) is 32.6 Å². The van der Waals surface area contributed by atoms with Gasteiger partial charge in [-0.2, -0.15) is 13.2 Å². The number of hydrogen-bond donors (Lipinski definition) is 1. The number of urea groups is 1. The van der Waals surface area contributed by atoms with Gasteiger partial charge in [0.2, 0.25) is 0 Å². The number of piperidine rings is 1. The molecule has 1 unspecified atom stereocenters. The van der Waals surface area contributed by atoms with Crippen molar-refractivity contribution in [2.75, 3.05) is 6.54 Å². The number of amides is 2. The molecular formula is C9H15F3N2O. The first-order chi connectivity index (χ1) is 6.94. The zero-order chi connectivity index (χ0) is 11.5. The quantitative estimate of drug-likeness (QED) is 0.682. The van der Waals surface area contributed by atoms with Crippen LogP contribution in [0.2, 0.25) is 0 Å². The number of nitrogens with one attached hydrogen (secondary N) is 1. The summed E-state index contributed by atoms with van der Waals surface area (Å²) in [5.41, 5.74) is 0. The molecular weight excluding hydrogens is 209 g/mol. The highest BCUT2D eigenvalue weighted by Gasteiger charge is 2.34. The van der Waals surface area contributed by atoms with Crippen LogP contribution in [0.15, 0.2) is 0 Å². The van der Waals surface area contributed by atoms with Gasteiger partial charge in [0.05, 0.1) is 0 Å². The van der Waals surface area contributed by atoms with E-state index in [1.54, 1.807) is 0 Å². The second kappa shape index (κ2) is 4.72. The molecule has 0 aromatic heterocycles. The third-order valence-electron chi connectivity index (χ3n) is 2.61. The fourth-order valence-corrected chi connectivity index (χ4v) is 1.89. The highest BCUT2D eigenvalue weighted by atomic mass is 19.4. The molecule has 6 heteroatoms. The van der Waals surface area contributed by atoms with Crippen LogP contribution >= 0.6 is 0 Å². The fraction of sp³-hybridized carbons (Fsp3) is 0.889. The summed E-state index contributed by atoms with van der Waals surface area (Å²) in [6, 6.07) is -1.07. The van der Waals surface area contributed by atoms with Gasteiger partial charge in [0.1, 0.15) is 0 Å². The highest BCUT2D eigenvalue weighted by Crippen LogP contribution is 2.20. The molecule has 0 aromatic carbocycles. The molecule has 3 nitrogen and oxygen atoms in total. The lowest BCUT2D eigenvalue weighted by Gasteiger charge is -2.35. The first-order valence-corrected chi connectivity index (χ1v) is 5.09.